The summed E-state index contributed by atoms with van der Waals surface area (Å²) >= 11 is 5.85. The zero-order chi connectivity index (χ0) is 11.8. The van der Waals surface area contributed by atoms with Crippen LogP contribution in [0.4, 0.5) is 0 Å². The molecule has 0 atom stereocenters. The summed E-state index contributed by atoms with van der Waals surface area (Å²) in [6.45, 7) is 7.42. The fourth-order valence-electron chi connectivity index (χ4n) is 2.05. The highest BCUT2D eigenvalue weighted by Crippen LogP contribution is 2.08. The Hall–Kier alpha value is -0.540. The second-order valence-corrected chi connectivity index (χ2v) is 4.34. The van der Waals surface area contributed by atoms with Crippen LogP contribution < -0.4 is 0 Å². The Labute approximate surface area is 103 Å². The summed E-state index contributed by atoms with van der Waals surface area (Å²) in [5.41, 5.74) is 0. The van der Waals surface area contributed by atoms with Crippen LogP contribution in [-0.4, -0.2) is 39.7 Å². The molecule has 16 heavy (non-hydrogen) atoms. The van der Waals surface area contributed by atoms with Gasteiger partial charge in [-0.2, -0.15) is 5.10 Å². The summed E-state index contributed by atoms with van der Waals surface area (Å²) in [4.78, 5) is 2.47. The van der Waals surface area contributed by atoms with Crippen LogP contribution in [0.25, 0.3) is 0 Å². The first kappa shape index (κ1) is 13.5. The van der Waals surface area contributed by atoms with Crippen LogP contribution >= 0.6 is 11.6 Å². The number of hydrogen-bond acceptors (Lipinski definition) is 2. The highest BCUT2D eigenvalue weighted by molar-refractivity contribution is 6.18. The molecule has 0 fully saturated rings. The molecule has 0 aliphatic carbocycles. The topological polar surface area (TPSA) is 21.1 Å². The van der Waals surface area contributed by atoms with Crippen molar-refractivity contribution < 1.29 is 0 Å². The fraction of sp³-hybridized carbons (Fsp3) is 0.750. The summed E-state index contributed by atoms with van der Waals surface area (Å²) < 4.78 is 1.98. The van der Waals surface area contributed by atoms with Crippen LogP contribution in [0.1, 0.15) is 26.7 Å². The minimum Gasteiger partial charge on any atom is -0.297 e. The van der Waals surface area contributed by atoms with Crippen molar-refractivity contribution in [2.75, 3.05) is 19.0 Å². The summed E-state index contributed by atoms with van der Waals surface area (Å²) in [7, 11) is 0. The monoisotopic (exact) mass is 243 g/mol. The van der Waals surface area contributed by atoms with Gasteiger partial charge in [-0.3, -0.25) is 9.58 Å². The summed E-state index contributed by atoms with van der Waals surface area (Å²) in [6.07, 6.45) is 6.20. The molecule has 3 nitrogen and oxygen atoms in total. The number of aromatic nitrogens is 2. The van der Waals surface area contributed by atoms with Crippen molar-refractivity contribution in [3.05, 3.63) is 18.5 Å². The van der Waals surface area contributed by atoms with Gasteiger partial charge in [0.05, 0.1) is 6.54 Å². The van der Waals surface area contributed by atoms with E-state index in [1.54, 1.807) is 0 Å². The maximum atomic E-state index is 5.85. The minimum absolute atomic E-state index is 0.648. The average molecular weight is 244 g/mol. The predicted molar refractivity (Wildman–Crippen MR) is 68.9 cm³/mol. The Bertz CT molecular complexity index is 257. The molecule has 0 saturated heterocycles. The lowest BCUT2D eigenvalue weighted by atomic mass is 10.1. The van der Waals surface area contributed by atoms with Crippen LogP contribution in [0.3, 0.4) is 0 Å². The molecule has 92 valence electrons. The van der Waals surface area contributed by atoms with Gasteiger partial charge >= 0.3 is 0 Å². The number of halogens is 1. The van der Waals surface area contributed by atoms with Gasteiger partial charge < -0.3 is 0 Å². The molecule has 0 aliphatic rings. The van der Waals surface area contributed by atoms with E-state index < -0.39 is 0 Å². The third-order valence-corrected chi connectivity index (χ3v) is 3.18. The largest absolute Gasteiger partial charge is 0.297 e. The number of alkyl halides is 1. The lowest BCUT2D eigenvalue weighted by Gasteiger charge is -2.29. The van der Waals surface area contributed by atoms with Crippen LogP contribution in [0.5, 0.6) is 0 Å². The molecule has 0 aliphatic heterocycles. The molecule has 0 amide bonds. The van der Waals surface area contributed by atoms with Crippen LogP contribution in [-0.2, 0) is 6.54 Å². The van der Waals surface area contributed by atoms with Crippen LogP contribution in [0.15, 0.2) is 18.5 Å². The third-order valence-electron chi connectivity index (χ3n) is 3.01. The molecule has 0 spiro atoms. The van der Waals surface area contributed by atoms with Gasteiger partial charge in [-0.15, -0.1) is 11.6 Å². The Kier molecular flexibility index (Phi) is 6.50. The van der Waals surface area contributed by atoms with Crippen molar-refractivity contribution in [2.45, 2.75) is 39.3 Å². The summed E-state index contributed by atoms with van der Waals surface area (Å²) in [5.74, 6) is 0.704. The second kappa shape index (κ2) is 7.69. The molecule has 0 radical (unpaired) electrons. The Balaban J connectivity index is 2.43. The first-order valence-electron chi connectivity index (χ1n) is 6.09. The lowest BCUT2D eigenvalue weighted by Crippen LogP contribution is -2.38. The van der Waals surface area contributed by atoms with E-state index in [1.165, 1.54) is 12.8 Å². The molecule has 1 heterocycles. The van der Waals surface area contributed by atoms with Gasteiger partial charge in [0.2, 0.25) is 0 Å². The quantitative estimate of drug-likeness (QED) is 0.655. The standard InChI is InChI=1S/C12H22ClN3/c1-3-12(4-2)15(9-6-13)10-11-16-8-5-7-14-16/h5,7-8,12H,3-4,6,9-11H2,1-2H3. The molecule has 0 saturated carbocycles. The minimum atomic E-state index is 0.648. The zero-order valence-corrected chi connectivity index (χ0v) is 11.0. The van der Waals surface area contributed by atoms with E-state index in [-0.39, 0.29) is 0 Å². The van der Waals surface area contributed by atoms with E-state index in [0.29, 0.717) is 11.9 Å². The van der Waals surface area contributed by atoms with E-state index in [2.05, 4.69) is 23.8 Å². The second-order valence-electron chi connectivity index (χ2n) is 3.96. The van der Waals surface area contributed by atoms with Crippen molar-refractivity contribution in [3.8, 4) is 0 Å². The number of hydrogen-bond donors (Lipinski definition) is 0. The fourth-order valence-corrected chi connectivity index (χ4v) is 2.27. The molecule has 0 bridgehead atoms. The Morgan fingerprint density at radius 3 is 2.56 bits per heavy atom. The molecule has 0 N–H and O–H groups in total. The van der Waals surface area contributed by atoms with E-state index >= 15 is 0 Å². The molecule has 1 aromatic heterocycles. The van der Waals surface area contributed by atoms with E-state index in [9.17, 15) is 0 Å². The lowest BCUT2D eigenvalue weighted by molar-refractivity contribution is 0.187. The van der Waals surface area contributed by atoms with Gasteiger partial charge in [0, 0.05) is 37.4 Å². The highest BCUT2D eigenvalue weighted by atomic mass is 35.5. The molecular formula is C12H22ClN3. The molecule has 0 unspecified atom stereocenters. The molecule has 1 aromatic rings. The van der Waals surface area contributed by atoms with Gasteiger partial charge in [0.15, 0.2) is 0 Å². The molecule has 4 heteroatoms. The van der Waals surface area contributed by atoms with Gasteiger partial charge in [0.1, 0.15) is 0 Å². The average Bonchev–Trinajstić information content (AvgIpc) is 2.80. The molecular weight excluding hydrogens is 222 g/mol. The van der Waals surface area contributed by atoms with Crippen LogP contribution in [0, 0.1) is 0 Å². The zero-order valence-electron chi connectivity index (χ0n) is 10.3. The maximum Gasteiger partial charge on any atom is 0.0536 e. The van der Waals surface area contributed by atoms with Crippen molar-refractivity contribution in [3.63, 3.8) is 0 Å². The van der Waals surface area contributed by atoms with E-state index in [4.69, 9.17) is 11.6 Å². The van der Waals surface area contributed by atoms with Crippen molar-refractivity contribution in [1.29, 1.82) is 0 Å². The Morgan fingerprint density at radius 1 is 1.31 bits per heavy atom. The molecule has 0 aromatic carbocycles. The number of nitrogens with zero attached hydrogens (tertiary/aromatic N) is 3. The van der Waals surface area contributed by atoms with Crippen molar-refractivity contribution in [1.82, 2.24) is 14.7 Å². The van der Waals surface area contributed by atoms with Crippen molar-refractivity contribution >= 4 is 11.6 Å². The van der Waals surface area contributed by atoms with Gasteiger partial charge in [0.25, 0.3) is 0 Å². The smallest absolute Gasteiger partial charge is 0.0536 e. The van der Waals surface area contributed by atoms with Gasteiger partial charge in [-0.25, -0.2) is 0 Å². The summed E-state index contributed by atoms with van der Waals surface area (Å²) in [6, 6.07) is 2.61. The van der Waals surface area contributed by atoms with Crippen LogP contribution in [0.2, 0.25) is 0 Å². The SMILES string of the molecule is CCC(CC)N(CCCl)CCn1cccn1. The normalized spacial score (nSPS) is 11.6. The number of rotatable bonds is 8. The first-order valence-corrected chi connectivity index (χ1v) is 6.62. The Morgan fingerprint density at radius 2 is 2.06 bits per heavy atom. The van der Waals surface area contributed by atoms with E-state index in [0.717, 1.165) is 19.6 Å². The highest BCUT2D eigenvalue weighted by Gasteiger charge is 2.13. The van der Waals surface area contributed by atoms with Gasteiger partial charge in [-0.05, 0) is 18.9 Å². The predicted octanol–water partition coefficient (Wildman–Crippen LogP) is 2.61. The molecule has 1 rings (SSSR count). The van der Waals surface area contributed by atoms with Crippen molar-refractivity contribution in [2.24, 2.45) is 0 Å². The summed E-state index contributed by atoms with van der Waals surface area (Å²) in [5, 5.41) is 4.22. The third kappa shape index (κ3) is 4.14. The van der Waals surface area contributed by atoms with E-state index in [1.807, 2.05) is 23.1 Å². The maximum absolute atomic E-state index is 5.85. The van der Waals surface area contributed by atoms with Gasteiger partial charge in [-0.1, -0.05) is 13.8 Å². The first-order chi connectivity index (χ1) is 7.81.